The number of aromatic amines is 1. The van der Waals surface area contributed by atoms with Gasteiger partial charge in [0.1, 0.15) is 5.82 Å². The van der Waals surface area contributed by atoms with Gasteiger partial charge in [0.15, 0.2) is 0 Å². The first kappa shape index (κ1) is 11.3. The highest BCUT2D eigenvalue weighted by molar-refractivity contribution is 5.20. The molecule has 0 amide bonds. The number of fused-ring (bicyclic) bond motifs is 1. The largest absolute Gasteiger partial charge is 0.381 e. The summed E-state index contributed by atoms with van der Waals surface area (Å²) < 4.78 is 5.18. The minimum atomic E-state index is 0.0444. The number of H-pyrrole nitrogens is 1. The molecule has 0 fully saturated rings. The number of nitrogens with one attached hydrogen (secondary N) is 1. The first-order chi connectivity index (χ1) is 7.70. The SMILES string of the molecule is COC(C)Cc1nc2c(c(=O)[nH]1)CCCC2. The van der Waals surface area contributed by atoms with Crippen molar-refractivity contribution in [2.24, 2.45) is 0 Å². The Morgan fingerprint density at radius 2 is 2.19 bits per heavy atom. The molecule has 16 heavy (non-hydrogen) atoms. The van der Waals surface area contributed by atoms with Crippen molar-refractivity contribution in [2.75, 3.05) is 7.11 Å². The Morgan fingerprint density at radius 1 is 1.44 bits per heavy atom. The van der Waals surface area contributed by atoms with Gasteiger partial charge < -0.3 is 9.72 Å². The second-order valence-electron chi connectivity index (χ2n) is 4.40. The zero-order valence-electron chi connectivity index (χ0n) is 9.88. The summed E-state index contributed by atoms with van der Waals surface area (Å²) in [6.45, 7) is 1.97. The van der Waals surface area contributed by atoms with Crippen LogP contribution in [-0.4, -0.2) is 23.2 Å². The molecule has 1 atom stereocenters. The Hall–Kier alpha value is -1.16. The Bertz CT molecular complexity index is 426. The highest BCUT2D eigenvalue weighted by Crippen LogP contribution is 2.15. The van der Waals surface area contributed by atoms with E-state index in [1.807, 2.05) is 6.92 Å². The summed E-state index contributed by atoms with van der Waals surface area (Å²) in [5, 5.41) is 0. The van der Waals surface area contributed by atoms with E-state index >= 15 is 0 Å². The highest BCUT2D eigenvalue weighted by atomic mass is 16.5. The summed E-state index contributed by atoms with van der Waals surface area (Å²) in [4.78, 5) is 19.2. The molecule has 0 radical (unpaired) electrons. The van der Waals surface area contributed by atoms with Gasteiger partial charge in [0.2, 0.25) is 0 Å². The normalized spacial score (nSPS) is 16.9. The van der Waals surface area contributed by atoms with Crippen LogP contribution in [0.25, 0.3) is 0 Å². The fourth-order valence-electron chi connectivity index (χ4n) is 2.11. The van der Waals surface area contributed by atoms with Gasteiger partial charge in [0.25, 0.3) is 5.56 Å². The zero-order chi connectivity index (χ0) is 11.5. The molecular formula is C12H18N2O2. The van der Waals surface area contributed by atoms with Gasteiger partial charge in [-0.05, 0) is 32.6 Å². The van der Waals surface area contributed by atoms with Crippen molar-refractivity contribution < 1.29 is 4.74 Å². The van der Waals surface area contributed by atoms with Gasteiger partial charge in [-0.2, -0.15) is 0 Å². The maximum Gasteiger partial charge on any atom is 0.254 e. The van der Waals surface area contributed by atoms with Crippen LogP contribution in [-0.2, 0) is 24.0 Å². The molecule has 1 heterocycles. The van der Waals surface area contributed by atoms with Gasteiger partial charge in [-0.25, -0.2) is 4.98 Å². The number of hydrogen-bond acceptors (Lipinski definition) is 3. The van der Waals surface area contributed by atoms with Crippen LogP contribution >= 0.6 is 0 Å². The highest BCUT2D eigenvalue weighted by Gasteiger charge is 2.16. The lowest BCUT2D eigenvalue weighted by Crippen LogP contribution is -2.24. The molecule has 0 bridgehead atoms. The molecule has 4 heteroatoms. The second kappa shape index (κ2) is 4.78. The molecule has 0 saturated heterocycles. The minimum absolute atomic E-state index is 0.0444. The van der Waals surface area contributed by atoms with Crippen molar-refractivity contribution in [1.29, 1.82) is 0 Å². The summed E-state index contributed by atoms with van der Waals surface area (Å²) in [5.41, 5.74) is 1.93. The van der Waals surface area contributed by atoms with Crippen molar-refractivity contribution in [3.8, 4) is 0 Å². The molecule has 1 aliphatic carbocycles. The van der Waals surface area contributed by atoms with E-state index in [1.165, 1.54) is 0 Å². The van der Waals surface area contributed by atoms with Crippen LogP contribution < -0.4 is 5.56 Å². The molecule has 1 aromatic rings. The number of methoxy groups -OCH3 is 1. The fraction of sp³-hybridized carbons (Fsp3) is 0.667. The Balaban J connectivity index is 2.28. The average molecular weight is 222 g/mol. The van der Waals surface area contributed by atoms with E-state index in [-0.39, 0.29) is 11.7 Å². The quantitative estimate of drug-likeness (QED) is 0.836. The Morgan fingerprint density at radius 3 is 2.94 bits per heavy atom. The topological polar surface area (TPSA) is 55.0 Å². The number of aromatic nitrogens is 2. The molecule has 1 unspecified atom stereocenters. The van der Waals surface area contributed by atoms with Crippen molar-refractivity contribution in [3.63, 3.8) is 0 Å². The maximum absolute atomic E-state index is 11.8. The molecule has 1 aromatic heterocycles. The average Bonchev–Trinajstić information content (AvgIpc) is 2.29. The van der Waals surface area contributed by atoms with E-state index < -0.39 is 0 Å². The van der Waals surface area contributed by atoms with Crippen molar-refractivity contribution in [1.82, 2.24) is 9.97 Å². The molecule has 0 aromatic carbocycles. The smallest absolute Gasteiger partial charge is 0.254 e. The summed E-state index contributed by atoms with van der Waals surface area (Å²) in [6, 6.07) is 0. The third-order valence-corrected chi connectivity index (χ3v) is 3.12. The van der Waals surface area contributed by atoms with Crippen LogP contribution in [0.15, 0.2) is 4.79 Å². The third-order valence-electron chi connectivity index (χ3n) is 3.12. The Kier molecular flexibility index (Phi) is 3.39. The van der Waals surface area contributed by atoms with Crippen LogP contribution in [0.5, 0.6) is 0 Å². The number of nitrogens with zero attached hydrogens (tertiary/aromatic N) is 1. The van der Waals surface area contributed by atoms with E-state index in [2.05, 4.69) is 9.97 Å². The lowest BCUT2D eigenvalue weighted by Gasteiger charge is -2.15. The summed E-state index contributed by atoms with van der Waals surface area (Å²) in [5.74, 6) is 0.750. The maximum atomic E-state index is 11.8. The number of rotatable bonds is 3. The van der Waals surface area contributed by atoms with Crippen LogP contribution in [0.1, 0.15) is 36.8 Å². The minimum Gasteiger partial charge on any atom is -0.381 e. The van der Waals surface area contributed by atoms with Gasteiger partial charge in [-0.3, -0.25) is 4.79 Å². The van der Waals surface area contributed by atoms with Gasteiger partial charge in [0.05, 0.1) is 11.8 Å². The fourth-order valence-corrected chi connectivity index (χ4v) is 2.11. The molecule has 1 aliphatic rings. The predicted octanol–water partition coefficient (Wildman–Crippen LogP) is 1.23. The number of hydrogen-bond donors (Lipinski definition) is 1. The number of aryl methyl sites for hydroxylation is 1. The van der Waals surface area contributed by atoms with E-state index in [0.29, 0.717) is 6.42 Å². The lowest BCUT2D eigenvalue weighted by atomic mass is 9.97. The van der Waals surface area contributed by atoms with E-state index in [0.717, 1.165) is 42.8 Å². The standard InChI is InChI=1S/C12H18N2O2/c1-8(16-2)7-11-13-10-6-4-3-5-9(10)12(15)14-11/h8H,3-7H2,1-2H3,(H,13,14,15). The van der Waals surface area contributed by atoms with Crippen LogP contribution in [0.4, 0.5) is 0 Å². The van der Waals surface area contributed by atoms with E-state index in [4.69, 9.17) is 4.74 Å². The zero-order valence-corrected chi connectivity index (χ0v) is 9.88. The molecule has 0 saturated carbocycles. The first-order valence-corrected chi connectivity index (χ1v) is 5.84. The molecule has 2 rings (SSSR count). The van der Waals surface area contributed by atoms with Crippen molar-refractivity contribution in [3.05, 3.63) is 27.4 Å². The van der Waals surface area contributed by atoms with Gasteiger partial charge in [-0.15, -0.1) is 0 Å². The molecule has 0 spiro atoms. The summed E-state index contributed by atoms with van der Waals surface area (Å²) in [6.07, 6.45) is 4.81. The molecule has 88 valence electrons. The van der Waals surface area contributed by atoms with Crippen molar-refractivity contribution >= 4 is 0 Å². The third kappa shape index (κ3) is 2.32. The molecule has 1 N–H and O–H groups in total. The molecule has 4 nitrogen and oxygen atoms in total. The van der Waals surface area contributed by atoms with Gasteiger partial charge >= 0.3 is 0 Å². The van der Waals surface area contributed by atoms with Crippen LogP contribution in [0.3, 0.4) is 0 Å². The van der Waals surface area contributed by atoms with Crippen molar-refractivity contribution in [2.45, 2.75) is 45.1 Å². The van der Waals surface area contributed by atoms with E-state index in [9.17, 15) is 4.79 Å². The molecular weight excluding hydrogens is 204 g/mol. The second-order valence-corrected chi connectivity index (χ2v) is 4.40. The predicted molar refractivity (Wildman–Crippen MR) is 61.7 cm³/mol. The lowest BCUT2D eigenvalue weighted by molar-refractivity contribution is 0.117. The summed E-state index contributed by atoms with van der Waals surface area (Å²) in [7, 11) is 1.67. The Labute approximate surface area is 95.1 Å². The van der Waals surface area contributed by atoms with Gasteiger partial charge in [-0.1, -0.05) is 0 Å². The molecule has 0 aliphatic heterocycles. The summed E-state index contributed by atoms with van der Waals surface area (Å²) >= 11 is 0. The number of ether oxygens (including phenoxy) is 1. The monoisotopic (exact) mass is 222 g/mol. The van der Waals surface area contributed by atoms with Crippen LogP contribution in [0, 0.1) is 0 Å². The van der Waals surface area contributed by atoms with E-state index in [1.54, 1.807) is 7.11 Å². The van der Waals surface area contributed by atoms with Gasteiger partial charge in [0, 0.05) is 19.1 Å². The first-order valence-electron chi connectivity index (χ1n) is 5.84. The van der Waals surface area contributed by atoms with Crippen LogP contribution in [0.2, 0.25) is 0 Å².